The van der Waals surface area contributed by atoms with Crippen molar-refractivity contribution in [2.24, 2.45) is 0 Å². The molecule has 0 saturated heterocycles. The van der Waals surface area contributed by atoms with Gasteiger partial charge in [0.2, 0.25) is 0 Å². The molecule has 20 heavy (non-hydrogen) atoms. The van der Waals surface area contributed by atoms with Gasteiger partial charge in [-0.1, -0.05) is 18.2 Å². The summed E-state index contributed by atoms with van der Waals surface area (Å²) >= 11 is 0. The molecule has 4 nitrogen and oxygen atoms in total. The highest BCUT2D eigenvalue weighted by Crippen LogP contribution is 2.33. The Kier molecular flexibility index (Phi) is 3.99. The fourth-order valence-corrected chi connectivity index (χ4v) is 1.80. The summed E-state index contributed by atoms with van der Waals surface area (Å²) in [5.74, 6) is -0.420. The Balaban J connectivity index is 2.31. The Hall–Kier alpha value is -2.02. The highest BCUT2D eigenvalue weighted by atomic mass is 19.4. The molecule has 0 amide bonds. The molecule has 2 aromatic rings. The molecule has 2 rings (SSSR count). The Bertz CT molecular complexity index is 581. The molecule has 0 saturated carbocycles. The lowest BCUT2D eigenvalue weighted by molar-refractivity contribution is -0.275. The molecule has 0 aliphatic carbocycles. The second-order valence-electron chi connectivity index (χ2n) is 4.12. The molecular formula is C13H13F3N2O2. The molecule has 1 aromatic carbocycles. The Morgan fingerprint density at radius 3 is 2.65 bits per heavy atom. The number of rotatable bonds is 4. The lowest BCUT2D eigenvalue weighted by atomic mass is 10.0. The highest BCUT2D eigenvalue weighted by Gasteiger charge is 2.33. The van der Waals surface area contributed by atoms with Gasteiger partial charge in [0.05, 0.1) is 6.20 Å². The van der Waals surface area contributed by atoms with Gasteiger partial charge in [0.1, 0.15) is 11.9 Å². The molecule has 1 atom stereocenters. The molecule has 7 heteroatoms. The zero-order valence-corrected chi connectivity index (χ0v) is 10.6. The maximum atomic E-state index is 12.3. The SMILES string of the molecule is CCn1cc(C(O)c2ccccc2OC(F)(F)F)cn1. The molecule has 1 heterocycles. The van der Waals surface area contributed by atoms with Crippen LogP contribution in [-0.4, -0.2) is 21.2 Å². The van der Waals surface area contributed by atoms with E-state index in [1.54, 1.807) is 10.9 Å². The number of para-hydroxylation sites is 1. The van der Waals surface area contributed by atoms with Crippen molar-refractivity contribution in [1.29, 1.82) is 0 Å². The van der Waals surface area contributed by atoms with E-state index in [-0.39, 0.29) is 5.56 Å². The summed E-state index contributed by atoms with van der Waals surface area (Å²) in [5, 5.41) is 14.2. The van der Waals surface area contributed by atoms with E-state index in [4.69, 9.17) is 0 Å². The third-order valence-corrected chi connectivity index (χ3v) is 2.73. The van der Waals surface area contributed by atoms with Crippen molar-refractivity contribution >= 4 is 0 Å². The van der Waals surface area contributed by atoms with E-state index in [9.17, 15) is 18.3 Å². The molecule has 1 N–H and O–H groups in total. The van der Waals surface area contributed by atoms with Crippen molar-refractivity contribution in [3.8, 4) is 5.75 Å². The minimum absolute atomic E-state index is 0.0421. The van der Waals surface area contributed by atoms with Crippen LogP contribution in [0.5, 0.6) is 5.75 Å². The number of hydrogen-bond donors (Lipinski definition) is 1. The average molecular weight is 286 g/mol. The number of benzene rings is 1. The van der Waals surface area contributed by atoms with Crippen molar-refractivity contribution in [2.75, 3.05) is 0 Å². The third kappa shape index (κ3) is 3.30. The van der Waals surface area contributed by atoms with E-state index in [2.05, 4.69) is 9.84 Å². The first-order valence-electron chi connectivity index (χ1n) is 5.96. The maximum absolute atomic E-state index is 12.3. The number of aliphatic hydroxyl groups is 1. The Morgan fingerprint density at radius 2 is 2.05 bits per heavy atom. The molecule has 0 fully saturated rings. The van der Waals surface area contributed by atoms with Gasteiger partial charge in [-0.15, -0.1) is 13.2 Å². The van der Waals surface area contributed by atoms with Crippen LogP contribution < -0.4 is 4.74 Å². The standard InChI is InChI=1S/C13H13F3N2O2/c1-2-18-8-9(7-17-18)12(19)10-5-3-4-6-11(10)20-13(14,15)16/h3-8,12,19H,2H2,1H3. The molecule has 0 spiro atoms. The summed E-state index contributed by atoms with van der Waals surface area (Å²) in [5.41, 5.74) is 0.450. The van der Waals surface area contributed by atoms with Crippen LogP contribution in [0.2, 0.25) is 0 Å². The molecule has 108 valence electrons. The maximum Gasteiger partial charge on any atom is 0.573 e. The summed E-state index contributed by atoms with van der Waals surface area (Å²) in [6.07, 6.45) is -3.04. The number of aryl methyl sites for hydroxylation is 1. The van der Waals surface area contributed by atoms with Crippen LogP contribution in [0.4, 0.5) is 13.2 Å². The van der Waals surface area contributed by atoms with E-state index < -0.39 is 18.2 Å². The van der Waals surface area contributed by atoms with Crippen molar-refractivity contribution in [1.82, 2.24) is 9.78 Å². The molecular weight excluding hydrogens is 273 g/mol. The molecule has 0 bridgehead atoms. The third-order valence-electron chi connectivity index (χ3n) is 2.73. The second kappa shape index (κ2) is 5.54. The van der Waals surface area contributed by atoms with Gasteiger partial charge < -0.3 is 9.84 Å². The number of aliphatic hydroxyl groups excluding tert-OH is 1. The fourth-order valence-electron chi connectivity index (χ4n) is 1.80. The number of nitrogens with zero attached hydrogens (tertiary/aromatic N) is 2. The van der Waals surface area contributed by atoms with Crippen molar-refractivity contribution < 1.29 is 23.0 Å². The van der Waals surface area contributed by atoms with Crippen LogP contribution in [0, 0.1) is 0 Å². The first-order valence-corrected chi connectivity index (χ1v) is 5.96. The van der Waals surface area contributed by atoms with Crippen LogP contribution in [-0.2, 0) is 6.54 Å². The van der Waals surface area contributed by atoms with E-state index in [1.807, 2.05) is 6.92 Å². The zero-order chi connectivity index (χ0) is 14.8. The van der Waals surface area contributed by atoms with Gasteiger partial charge in [0.25, 0.3) is 0 Å². The van der Waals surface area contributed by atoms with Gasteiger partial charge in [-0.2, -0.15) is 5.10 Å². The van der Waals surface area contributed by atoms with Crippen molar-refractivity contribution in [2.45, 2.75) is 25.9 Å². The summed E-state index contributed by atoms with van der Waals surface area (Å²) in [6.45, 7) is 2.47. The first-order chi connectivity index (χ1) is 9.40. The molecule has 0 radical (unpaired) electrons. The summed E-state index contributed by atoms with van der Waals surface area (Å²) < 4.78 is 42.5. The van der Waals surface area contributed by atoms with Crippen LogP contribution in [0.25, 0.3) is 0 Å². The molecule has 1 aromatic heterocycles. The van der Waals surface area contributed by atoms with E-state index >= 15 is 0 Å². The quantitative estimate of drug-likeness (QED) is 0.940. The number of alkyl halides is 3. The highest BCUT2D eigenvalue weighted by molar-refractivity contribution is 5.39. The normalized spacial score (nSPS) is 13.2. The topological polar surface area (TPSA) is 47.3 Å². The van der Waals surface area contributed by atoms with Gasteiger partial charge in [-0.05, 0) is 13.0 Å². The predicted molar refractivity (Wildman–Crippen MR) is 65.1 cm³/mol. The zero-order valence-electron chi connectivity index (χ0n) is 10.6. The first kappa shape index (κ1) is 14.4. The van der Waals surface area contributed by atoms with Crippen molar-refractivity contribution in [3.63, 3.8) is 0 Å². The Labute approximate surface area is 113 Å². The van der Waals surface area contributed by atoms with Crippen LogP contribution in [0.15, 0.2) is 36.7 Å². The molecule has 1 unspecified atom stereocenters. The minimum Gasteiger partial charge on any atom is -0.405 e. The number of halogens is 3. The molecule has 0 aliphatic heterocycles. The van der Waals surface area contributed by atoms with Gasteiger partial charge in [-0.25, -0.2) is 0 Å². The lowest BCUT2D eigenvalue weighted by Gasteiger charge is -2.16. The van der Waals surface area contributed by atoms with Crippen LogP contribution in [0.3, 0.4) is 0 Å². The smallest absolute Gasteiger partial charge is 0.405 e. The lowest BCUT2D eigenvalue weighted by Crippen LogP contribution is -2.18. The monoisotopic (exact) mass is 286 g/mol. The van der Waals surface area contributed by atoms with E-state index in [1.165, 1.54) is 24.4 Å². The predicted octanol–water partition coefficient (Wildman–Crippen LogP) is 2.88. The van der Waals surface area contributed by atoms with E-state index in [0.29, 0.717) is 12.1 Å². The van der Waals surface area contributed by atoms with Gasteiger partial charge in [0.15, 0.2) is 0 Å². The number of ether oxygens (including phenoxy) is 1. The average Bonchev–Trinajstić information content (AvgIpc) is 2.85. The largest absolute Gasteiger partial charge is 0.573 e. The summed E-state index contributed by atoms with van der Waals surface area (Å²) in [4.78, 5) is 0. The number of aromatic nitrogens is 2. The fraction of sp³-hybridized carbons (Fsp3) is 0.308. The van der Waals surface area contributed by atoms with Gasteiger partial charge in [0, 0.05) is 23.9 Å². The van der Waals surface area contributed by atoms with Crippen molar-refractivity contribution in [3.05, 3.63) is 47.8 Å². The van der Waals surface area contributed by atoms with Crippen LogP contribution in [0.1, 0.15) is 24.2 Å². The Morgan fingerprint density at radius 1 is 1.35 bits per heavy atom. The molecule has 0 aliphatic rings. The van der Waals surface area contributed by atoms with Crippen LogP contribution >= 0.6 is 0 Å². The van der Waals surface area contributed by atoms with Gasteiger partial charge in [-0.3, -0.25) is 4.68 Å². The number of hydrogen-bond acceptors (Lipinski definition) is 3. The summed E-state index contributed by atoms with van der Waals surface area (Å²) in [6, 6.07) is 5.49. The minimum atomic E-state index is -4.80. The van der Waals surface area contributed by atoms with E-state index in [0.717, 1.165) is 6.07 Å². The summed E-state index contributed by atoms with van der Waals surface area (Å²) in [7, 11) is 0. The van der Waals surface area contributed by atoms with Gasteiger partial charge >= 0.3 is 6.36 Å². The second-order valence-corrected chi connectivity index (χ2v) is 4.12.